The van der Waals surface area contributed by atoms with Crippen molar-refractivity contribution >= 4 is 11.1 Å². The minimum atomic E-state index is -0.486. The van der Waals surface area contributed by atoms with Crippen molar-refractivity contribution in [3.63, 3.8) is 0 Å². The molecular formula is C48H34N2. The number of pyridine rings is 2. The standard InChI is InChI=1S/C48H34N2/c1-3-15-36(16-4-1)48(37-17-5-2-6-18-37)44-30-27-34(38-19-7-9-21-42(38)46-23-11-13-31-49-46)25-28-40(44)41-29-26-35(33-45(41)48)39-20-8-10-22-43(39)47-24-12-14-32-50-47/h1-29,31-33H,30H2. The number of hydrogen-bond donors (Lipinski definition) is 0. The molecular weight excluding hydrogens is 605 g/mol. The zero-order valence-corrected chi connectivity index (χ0v) is 27.6. The van der Waals surface area contributed by atoms with E-state index in [0.29, 0.717) is 0 Å². The number of rotatable bonds is 6. The van der Waals surface area contributed by atoms with E-state index in [1.807, 2.05) is 24.5 Å². The zero-order chi connectivity index (χ0) is 33.3. The molecule has 9 rings (SSSR count). The SMILES string of the molecule is C1=CC2=C(CC=C1c1ccccc1-c1ccccn1)C(c1ccccc1)(c1ccccc1)c1cc(-c3ccccc3-c3ccccn3)ccc12. The Labute approximate surface area is 293 Å². The monoisotopic (exact) mass is 638 g/mol. The molecule has 0 saturated carbocycles. The molecule has 0 N–H and O–H groups in total. The molecule has 2 nitrogen and oxygen atoms in total. The minimum absolute atomic E-state index is 0.486. The van der Waals surface area contributed by atoms with Crippen LogP contribution >= 0.6 is 0 Å². The van der Waals surface area contributed by atoms with Gasteiger partial charge in [-0.2, -0.15) is 0 Å². The Kier molecular flexibility index (Phi) is 7.48. The van der Waals surface area contributed by atoms with Crippen molar-refractivity contribution in [1.29, 1.82) is 0 Å². The summed E-state index contributed by atoms with van der Waals surface area (Å²) in [6.45, 7) is 0. The van der Waals surface area contributed by atoms with E-state index in [1.54, 1.807) is 0 Å². The van der Waals surface area contributed by atoms with Crippen molar-refractivity contribution < 1.29 is 0 Å². The first kappa shape index (κ1) is 29.7. The molecule has 0 spiro atoms. The fraction of sp³-hybridized carbons (Fsp3) is 0.0417. The molecule has 236 valence electrons. The molecule has 2 heterocycles. The van der Waals surface area contributed by atoms with E-state index < -0.39 is 5.41 Å². The van der Waals surface area contributed by atoms with Crippen LogP contribution in [0.2, 0.25) is 0 Å². The second-order valence-electron chi connectivity index (χ2n) is 12.9. The summed E-state index contributed by atoms with van der Waals surface area (Å²) < 4.78 is 0. The molecule has 0 radical (unpaired) electrons. The fourth-order valence-electron chi connectivity index (χ4n) is 8.05. The summed E-state index contributed by atoms with van der Waals surface area (Å²) in [5, 5.41) is 0. The van der Waals surface area contributed by atoms with Crippen LogP contribution in [0.3, 0.4) is 0 Å². The molecule has 0 fully saturated rings. The molecule has 0 saturated heterocycles. The van der Waals surface area contributed by atoms with Gasteiger partial charge in [0.25, 0.3) is 0 Å². The molecule has 2 aliphatic carbocycles. The number of fused-ring (bicyclic) bond motifs is 2. The number of benzene rings is 5. The Morgan fingerprint density at radius 2 is 0.980 bits per heavy atom. The van der Waals surface area contributed by atoms with Gasteiger partial charge in [0.05, 0.1) is 16.8 Å². The molecule has 0 atom stereocenters. The van der Waals surface area contributed by atoms with Crippen molar-refractivity contribution in [1.82, 2.24) is 9.97 Å². The van der Waals surface area contributed by atoms with Gasteiger partial charge in [0, 0.05) is 23.5 Å². The van der Waals surface area contributed by atoms with E-state index in [4.69, 9.17) is 9.97 Å². The predicted octanol–water partition coefficient (Wildman–Crippen LogP) is 11.6. The highest BCUT2D eigenvalue weighted by Gasteiger charge is 2.47. The van der Waals surface area contributed by atoms with Crippen LogP contribution in [-0.2, 0) is 5.41 Å². The van der Waals surface area contributed by atoms with Crippen molar-refractivity contribution in [3.05, 3.63) is 228 Å². The van der Waals surface area contributed by atoms with Crippen molar-refractivity contribution in [2.24, 2.45) is 0 Å². The lowest BCUT2D eigenvalue weighted by Gasteiger charge is -2.36. The average Bonchev–Trinajstić information content (AvgIpc) is 3.30. The first-order valence-electron chi connectivity index (χ1n) is 17.2. The van der Waals surface area contributed by atoms with E-state index in [1.165, 1.54) is 55.7 Å². The van der Waals surface area contributed by atoms with Crippen molar-refractivity contribution in [2.45, 2.75) is 11.8 Å². The number of nitrogens with zero attached hydrogens (tertiary/aromatic N) is 2. The Bertz CT molecular complexity index is 2380. The van der Waals surface area contributed by atoms with Crippen LogP contribution in [0.4, 0.5) is 0 Å². The van der Waals surface area contributed by atoms with Crippen molar-refractivity contribution in [2.75, 3.05) is 0 Å². The fourth-order valence-corrected chi connectivity index (χ4v) is 8.05. The number of hydrogen-bond acceptors (Lipinski definition) is 2. The van der Waals surface area contributed by atoms with Gasteiger partial charge in [-0.05, 0) is 92.4 Å². The van der Waals surface area contributed by atoms with Crippen LogP contribution in [0.1, 0.15) is 34.2 Å². The normalized spacial score (nSPS) is 14.4. The predicted molar refractivity (Wildman–Crippen MR) is 206 cm³/mol. The second kappa shape index (κ2) is 12.6. The van der Waals surface area contributed by atoms with Crippen LogP contribution < -0.4 is 0 Å². The Morgan fingerprint density at radius 1 is 0.440 bits per heavy atom. The molecule has 0 unspecified atom stereocenters. The smallest absolute Gasteiger partial charge is 0.0708 e. The molecule has 2 aromatic heterocycles. The van der Waals surface area contributed by atoms with Crippen LogP contribution in [0.5, 0.6) is 0 Å². The van der Waals surface area contributed by atoms with E-state index in [9.17, 15) is 0 Å². The largest absolute Gasteiger partial charge is 0.256 e. The van der Waals surface area contributed by atoms with E-state index in [-0.39, 0.29) is 0 Å². The topological polar surface area (TPSA) is 25.8 Å². The van der Waals surface area contributed by atoms with E-state index >= 15 is 0 Å². The van der Waals surface area contributed by atoms with E-state index in [2.05, 4.69) is 170 Å². The average molecular weight is 639 g/mol. The van der Waals surface area contributed by atoms with Crippen LogP contribution in [0, 0.1) is 0 Å². The maximum Gasteiger partial charge on any atom is 0.0708 e. The highest BCUT2D eigenvalue weighted by molar-refractivity contribution is 5.96. The highest BCUT2D eigenvalue weighted by atomic mass is 14.7. The van der Waals surface area contributed by atoms with Gasteiger partial charge in [0.1, 0.15) is 0 Å². The summed E-state index contributed by atoms with van der Waals surface area (Å²) in [6.07, 6.45) is 11.6. The molecule has 5 aromatic carbocycles. The van der Waals surface area contributed by atoms with Gasteiger partial charge in [-0.25, -0.2) is 0 Å². The maximum absolute atomic E-state index is 4.73. The first-order chi connectivity index (χ1) is 24.8. The Hall–Kier alpha value is -6.38. The summed E-state index contributed by atoms with van der Waals surface area (Å²) in [5.41, 5.74) is 16.3. The quantitative estimate of drug-likeness (QED) is 0.181. The molecule has 2 heteroatoms. The highest BCUT2D eigenvalue weighted by Crippen LogP contribution is 2.57. The van der Waals surface area contributed by atoms with E-state index in [0.717, 1.165) is 28.9 Å². The summed E-state index contributed by atoms with van der Waals surface area (Å²) >= 11 is 0. The van der Waals surface area contributed by atoms with Crippen LogP contribution in [0.15, 0.2) is 200 Å². The third-order valence-corrected chi connectivity index (χ3v) is 10.2. The van der Waals surface area contributed by atoms with Gasteiger partial charge in [-0.15, -0.1) is 0 Å². The molecule has 2 aliphatic rings. The van der Waals surface area contributed by atoms with Crippen LogP contribution in [-0.4, -0.2) is 9.97 Å². The summed E-state index contributed by atoms with van der Waals surface area (Å²) in [4.78, 5) is 9.44. The van der Waals surface area contributed by atoms with Gasteiger partial charge in [0.2, 0.25) is 0 Å². The molecule has 7 aromatic rings. The van der Waals surface area contributed by atoms with Gasteiger partial charge in [-0.3, -0.25) is 9.97 Å². The second-order valence-corrected chi connectivity index (χ2v) is 12.9. The van der Waals surface area contributed by atoms with Gasteiger partial charge in [-0.1, -0.05) is 152 Å². The van der Waals surface area contributed by atoms with Gasteiger partial charge < -0.3 is 0 Å². The third kappa shape index (κ3) is 4.88. The Balaban J connectivity index is 1.27. The third-order valence-electron chi connectivity index (χ3n) is 10.2. The Morgan fingerprint density at radius 3 is 1.58 bits per heavy atom. The molecule has 0 aliphatic heterocycles. The maximum atomic E-state index is 4.73. The van der Waals surface area contributed by atoms with Crippen LogP contribution in [0.25, 0.3) is 44.8 Å². The lowest BCUT2D eigenvalue weighted by atomic mass is 9.65. The molecule has 50 heavy (non-hydrogen) atoms. The summed E-state index contributed by atoms with van der Waals surface area (Å²) in [7, 11) is 0. The lowest BCUT2D eigenvalue weighted by Crippen LogP contribution is -2.30. The number of allylic oxidation sites excluding steroid dienone is 6. The lowest BCUT2D eigenvalue weighted by molar-refractivity contribution is 0.726. The minimum Gasteiger partial charge on any atom is -0.256 e. The summed E-state index contributed by atoms with van der Waals surface area (Å²) in [5.74, 6) is 0. The molecule has 0 bridgehead atoms. The summed E-state index contributed by atoms with van der Waals surface area (Å²) in [6, 6.07) is 58.7. The molecule has 0 amide bonds. The zero-order valence-electron chi connectivity index (χ0n) is 27.6. The number of aromatic nitrogens is 2. The van der Waals surface area contributed by atoms with Crippen molar-refractivity contribution in [3.8, 4) is 33.6 Å². The van der Waals surface area contributed by atoms with Gasteiger partial charge in [0.15, 0.2) is 0 Å². The van der Waals surface area contributed by atoms with Gasteiger partial charge >= 0.3 is 0 Å². The first-order valence-corrected chi connectivity index (χ1v) is 17.2.